The predicted octanol–water partition coefficient (Wildman–Crippen LogP) is 11.7. The molecule has 6 nitrogen and oxygen atoms in total. The second kappa shape index (κ2) is 14.9. The van der Waals surface area contributed by atoms with E-state index in [-0.39, 0.29) is 0 Å². The third-order valence-corrected chi connectivity index (χ3v) is 9.71. The lowest BCUT2D eigenvalue weighted by Crippen LogP contribution is -1.95. The number of nitrogens with zero attached hydrogens (tertiary/aromatic N) is 6. The van der Waals surface area contributed by atoms with Crippen molar-refractivity contribution in [3.05, 3.63) is 195 Å². The van der Waals surface area contributed by atoms with Gasteiger partial charge in [-0.15, -0.1) is 0 Å². The fourth-order valence-corrected chi connectivity index (χ4v) is 6.92. The summed E-state index contributed by atoms with van der Waals surface area (Å²) < 4.78 is 0. The van der Waals surface area contributed by atoms with Crippen molar-refractivity contribution in [1.29, 1.82) is 0 Å². The number of aromatic nitrogens is 6. The van der Waals surface area contributed by atoms with Crippen LogP contribution in [0.15, 0.2) is 189 Å². The first-order valence-electron chi connectivity index (χ1n) is 18.1. The van der Waals surface area contributed by atoms with E-state index in [1.807, 2.05) is 56.0 Å². The second-order valence-electron chi connectivity index (χ2n) is 13.4. The van der Waals surface area contributed by atoms with Gasteiger partial charge in [-0.3, -0.25) is 19.9 Å². The van der Waals surface area contributed by atoms with E-state index in [0.717, 1.165) is 95.1 Å². The molecular formula is C49H34N6. The van der Waals surface area contributed by atoms with Crippen molar-refractivity contribution in [3.8, 4) is 89.3 Å². The van der Waals surface area contributed by atoms with Crippen LogP contribution in [0, 0.1) is 6.92 Å². The van der Waals surface area contributed by atoms with Gasteiger partial charge in [0.15, 0.2) is 0 Å². The van der Waals surface area contributed by atoms with E-state index in [1.54, 1.807) is 24.8 Å². The molecule has 0 aliphatic rings. The van der Waals surface area contributed by atoms with Gasteiger partial charge in [0.1, 0.15) is 5.82 Å². The molecule has 0 unspecified atom stereocenters. The molecule has 6 heteroatoms. The van der Waals surface area contributed by atoms with Crippen molar-refractivity contribution in [2.24, 2.45) is 0 Å². The minimum absolute atomic E-state index is 0.719. The summed E-state index contributed by atoms with van der Waals surface area (Å²) in [5, 5.41) is 0. The average Bonchev–Trinajstić information content (AvgIpc) is 3.27. The minimum atomic E-state index is 0.719. The van der Waals surface area contributed by atoms with Crippen molar-refractivity contribution in [2.75, 3.05) is 0 Å². The van der Waals surface area contributed by atoms with E-state index >= 15 is 0 Å². The Balaban J connectivity index is 1.02. The first-order valence-corrected chi connectivity index (χ1v) is 18.1. The molecule has 0 saturated heterocycles. The maximum absolute atomic E-state index is 4.85. The third-order valence-electron chi connectivity index (χ3n) is 9.71. The van der Waals surface area contributed by atoms with Gasteiger partial charge in [-0.25, -0.2) is 9.97 Å². The summed E-state index contributed by atoms with van der Waals surface area (Å²) in [6, 6.07) is 48.8. The Bertz CT molecular complexity index is 2410. The first kappa shape index (κ1) is 33.4. The summed E-state index contributed by atoms with van der Waals surface area (Å²) >= 11 is 0. The number of aryl methyl sites for hydroxylation is 1. The molecule has 0 spiro atoms. The van der Waals surface area contributed by atoms with Crippen LogP contribution >= 0.6 is 0 Å². The van der Waals surface area contributed by atoms with Crippen LogP contribution in [0.2, 0.25) is 0 Å². The van der Waals surface area contributed by atoms with E-state index in [2.05, 4.69) is 135 Å². The molecule has 0 atom stereocenters. The maximum Gasteiger partial charge on any atom is 0.126 e. The van der Waals surface area contributed by atoms with Crippen LogP contribution in [0.3, 0.4) is 0 Å². The van der Waals surface area contributed by atoms with Gasteiger partial charge in [-0.1, -0.05) is 72.8 Å². The molecule has 0 bridgehead atoms. The van der Waals surface area contributed by atoms with Crippen LogP contribution in [0.4, 0.5) is 0 Å². The average molecular weight is 707 g/mol. The zero-order valence-corrected chi connectivity index (χ0v) is 30.1. The van der Waals surface area contributed by atoms with Gasteiger partial charge in [-0.05, 0) is 118 Å². The Labute approximate surface area is 320 Å². The Morgan fingerprint density at radius 1 is 0.273 bits per heavy atom. The van der Waals surface area contributed by atoms with Crippen molar-refractivity contribution >= 4 is 0 Å². The van der Waals surface area contributed by atoms with Crippen LogP contribution in [0.1, 0.15) is 5.82 Å². The Kier molecular flexibility index (Phi) is 9.04. The van der Waals surface area contributed by atoms with Crippen LogP contribution in [-0.4, -0.2) is 29.9 Å². The highest BCUT2D eigenvalue weighted by Crippen LogP contribution is 2.36. The highest BCUT2D eigenvalue weighted by Gasteiger charge is 2.12. The normalized spacial score (nSPS) is 11.0. The van der Waals surface area contributed by atoms with E-state index < -0.39 is 0 Å². The van der Waals surface area contributed by atoms with Crippen LogP contribution < -0.4 is 0 Å². The molecule has 0 amide bonds. The molecule has 0 saturated carbocycles. The fraction of sp³-hybridized carbons (Fsp3) is 0.0204. The topological polar surface area (TPSA) is 77.3 Å². The molecule has 0 aliphatic heterocycles. The van der Waals surface area contributed by atoms with Gasteiger partial charge in [-0.2, -0.15) is 0 Å². The Morgan fingerprint density at radius 3 is 0.818 bits per heavy atom. The zero-order valence-electron chi connectivity index (χ0n) is 30.1. The zero-order chi connectivity index (χ0) is 37.0. The van der Waals surface area contributed by atoms with Crippen LogP contribution in [-0.2, 0) is 0 Å². The molecule has 5 heterocycles. The second-order valence-corrected chi connectivity index (χ2v) is 13.4. The highest BCUT2D eigenvalue weighted by atomic mass is 14.9. The van der Waals surface area contributed by atoms with E-state index in [9.17, 15) is 0 Å². The van der Waals surface area contributed by atoms with Gasteiger partial charge in [0.25, 0.3) is 0 Å². The molecule has 260 valence electrons. The van der Waals surface area contributed by atoms with Crippen molar-refractivity contribution < 1.29 is 0 Å². The molecule has 55 heavy (non-hydrogen) atoms. The molecule has 0 N–H and O–H groups in total. The quantitative estimate of drug-likeness (QED) is 0.157. The minimum Gasteiger partial charge on any atom is -0.264 e. The summed E-state index contributed by atoms with van der Waals surface area (Å²) in [6.45, 7) is 1.95. The highest BCUT2D eigenvalue weighted by molar-refractivity contribution is 5.83. The Hall–Kier alpha value is -7.44. The summed E-state index contributed by atoms with van der Waals surface area (Å²) in [5.74, 6) is 0.719. The van der Waals surface area contributed by atoms with E-state index in [4.69, 9.17) is 9.97 Å². The standard InChI is InChI=1S/C49H34N6/c1-33-54-48(36-14-10-34(11-15-36)42-22-44(38-6-2-18-50-29-38)26-45(23-42)39-7-3-19-51-30-39)28-49(55-33)37-16-12-35(13-17-37)43-24-46(40-8-4-20-52-31-40)27-47(25-43)41-9-5-21-53-32-41/h2-32H,1H3. The van der Waals surface area contributed by atoms with Crippen molar-refractivity contribution in [3.63, 3.8) is 0 Å². The summed E-state index contributed by atoms with van der Waals surface area (Å²) in [7, 11) is 0. The van der Waals surface area contributed by atoms with Gasteiger partial charge in [0.05, 0.1) is 11.4 Å². The molecule has 4 aromatic carbocycles. The molecule has 9 aromatic rings. The summed E-state index contributed by atoms with van der Waals surface area (Å²) in [4.78, 5) is 27.1. The smallest absolute Gasteiger partial charge is 0.126 e. The number of hydrogen-bond donors (Lipinski definition) is 0. The number of benzene rings is 4. The lowest BCUT2D eigenvalue weighted by atomic mass is 9.93. The SMILES string of the molecule is Cc1nc(-c2ccc(-c3cc(-c4cccnc4)cc(-c4cccnc4)c3)cc2)cc(-c2ccc(-c3cc(-c4cccnc4)cc(-c4cccnc4)c3)cc2)n1. The fourth-order valence-electron chi connectivity index (χ4n) is 6.92. The van der Waals surface area contributed by atoms with Gasteiger partial charge in [0.2, 0.25) is 0 Å². The number of rotatable bonds is 8. The molecular weight excluding hydrogens is 673 g/mol. The number of hydrogen-bond acceptors (Lipinski definition) is 6. The Morgan fingerprint density at radius 2 is 0.545 bits per heavy atom. The molecule has 0 aliphatic carbocycles. The lowest BCUT2D eigenvalue weighted by Gasteiger charge is -2.12. The molecule has 0 fully saturated rings. The van der Waals surface area contributed by atoms with Crippen LogP contribution in [0.25, 0.3) is 89.3 Å². The third kappa shape index (κ3) is 7.30. The molecule has 5 aromatic heterocycles. The monoisotopic (exact) mass is 706 g/mol. The van der Waals surface area contributed by atoms with Crippen molar-refractivity contribution in [1.82, 2.24) is 29.9 Å². The van der Waals surface area contributed by atoms with E-state index in [1.165, 1.54) is 0 Å². The molecule has 9 rings (SSSR count). The van der Waals surface area contributed by atoms with E-state index in [0.29, 0.717) is 0 Å². The van der Waals surface area contributed by atoms with Crippen LogP contribution in [0.5, 0.6) is 0 Å². The first-order chi connectivity index (χ1) is 27.1. The summed E-state index contributed by atoms with van der Waals surface area (Å²) in [6.07, 6.45) is 14.8. The largest absolute Gasteiger partial charge is 0.264 e. The number of pyridine rings is 4. The van der Waals surface area contributed by atoms with Crippen molar-refractivity contribution in [2.45, 2.75) is 6.92 Å². The van der Waals surface area contributed by atoms with Gasteiger partial charge < -0.3 is 0 Å². The maximum atomic E-state index is 4.85. The predicted molar refractivity (Wildman–Crippen MR) is 221 cm³/mol. The van der Waals surface area contributed by atoms with Gasteiger partial charge in [0, 0.05) is 83.0 Å². The van der Waals surface area contributed by atoms with Gasteiger partial charge >= 0.3 is 0 Å². The lowest BCUT2D eigenvalue weighted by molar-refractivity contribution is 1.06. The summed E-state index contributed by atoms with van der Waals surface area (Å²) in [5.41, 5.74) is 16.9. The molecule has 0 radical (unpaired) electrons.